The van der Waals surface area contributed by atoms with E-state index in [1.54, 1.807) is 7.11 Å². The van der Waals surface area contributed by atoms with Gasteiger partial charge >= 0.3 is 0 Å². The lowest BCUT2D eigenvalue weighted by Gasteiger charge is -2.44. The Hall–Kier alpha value is -2.24. The first kappa shape index (κ1) is 19.7. The lowest BCUT2D eigenvalue weighted by atomic mass is 10.0. The van der Waals surface area contributed by atoms with E-state index < -0.39 is 0 Å². The van der Waals surface area contributed by atoms with Gasteiger partial charge in [0.15, 0.2) is 0 Å². The summed E-state index contributed by atoms with van der Waals surface area (Å²) in [5, 5.41) is 0. The highest BCUT2D eigenvalue weighted by molar-refractivity contribution is 5.58. The number of hydrogen-bond acceptors (Lipinski definition) is 5. The minimum Gasteiger partial charge on any atom is -0.495 e. The molecule has 0 aromatic heterocycles. The Balaban J connectivity index is 1.17. The van der Waals surface area contributed by atoms with Crippen LogP contribution in [0.5, 0.6) is 11.5 Å². The van der Waals surface area contributed by atoms with E-state index in [0.29, 0.717) is 6.04 Å². The molecule has 2 aromatic carbocycles. The number of piperazine rings is 1. The summed E-state index contributed by atoms with van der Waals surface area (Å²) in [4.78, 5) is 7.84. The number of nitrogens with zero attached hydrogens (tertiary/aromatic N) is 3. The molecule has 2 fully saturated rings. The zero-order valence-corrected chi connectivity index (χ0v) is 18.1. The number of ether oxygens (including phenoxy) is 2. The molecule has 0 radical (unpaired) electrons. The summed E-state index contributed by atoms with van der Waals surface area (Å²) in [6, 6.07) is 15.8. The van der Waals surface area contributed by atoms with Gasteiger partial charge in [0.25, 0.3) is 0 Å². The molecule has 160 valence electrons. The van der Waals surface area contributed by atoms with Crippen LogP contribution in [0.4, 0.5) is 5.69 Å². The van der Waals surface area contributed by atoms with Gasteiger partial charge in [0.05, 0.1) is 19.4 Å². The predicted octanol–water partition coefficient (Wildman–Crippen LogP) is 3.42. The largest absolute Gasteiger partial charge is 0.495 e. The van der Waals surface area contributed by atoms with Crippen molar-refractivity contribution in [2.75, 3.05) is 57.9 Å². The van der Waals surface area contributed by atoms with Crippen LogP contribution < -0.4 is 14.4 Å². The molecular formula is C25H33N3O2. The summed E-state index contributed by atoms with van der Waals surface area (Å²) in [6.07, 6.45) is 3.68. The summed E-state index contributed by atoms with van der Waals surface area (Å²) in [5.41, 5.74) is 4.04. The fourth-order valence-electron chi connectivity index (χ4n) is 5.29. The van der Waals surface area contributed by atoms with Crippen LogP contribution in [0.2, 0.25) is 0 Å². The second-order valence-electron chi connectivity index (χ2n) is 8.77. The highest BCUT2D eigenvalue weighted by Gasteiger charge is 2.29. The highest BCUT2D eigenvalue weighted by atomic mass is 16.5. The molecule has 3 aliphatic rings. The van der Waals surface area contributed by atoms with Gasteiger partial charge in [-0.3, -0.25) is 9.80 Å². The zero-order chi connectivity index (χ0) is 20.3. The average Bonchev–Trinajstić information content (AvgIpc) is 3.27. The van der Waals surface area contributed by atoms with Crippen LogP contribution >= 0.6 is 0 Å². The molecule has 5 heteroatoms. The molecule has 1 unspecified atom stereocenters. The fraction of sp³-hybridized carbons (Fsp3) is 0.520. The molecule has 2 saturated heterocycles. The molecule has 0 N–H and O–H groups in total. The number of rotatable bonds is 5. The van der Waals surface area contributed by atoms with E-state index in [9.17, 15) is 0 Å². The van der Waals surface area contributed by atoms with Crippen molar-refractivity contribution in [2.45, 2.75) is 31.8 Å². The maximum atomic E-state index is 5.66. The Kier molecular flexibility index (Phi) is 5.82. The molecule has 1 atom stereocenters. The molecule has 5 rings (SSSR count). The van der Waals surface area contributed by atoms with Gasteiger partial charge in [0.1, 0.15) is 11.5 Å². The summed E-state index contributed by atoms with van der Waals surface area (Å²) in [6.45, 7) is 8.70. The zero-order valence-electron chi connectivity index (χ0n) is 18.1. The van der Waals surface area contributed by atoms with Gasteiger partial charge in [0.2, 0.25) is 0 Å². The third kappa shape index (κ3) is 4.14. The normalized spacial score (nSPS) is 22.6. The standard InChI is InChI=1S/C25H33N3O2/c1-29-25-7-3-2-6-23(25)28-14-12-27(13-15-28)22-5-4-11-26(19-22)18-20-8-9-24-21(17-20)10-16-30-24/h2-3,6-9,17,22H,4-5,10-16,18-19H2,1H3. The lowest BCUT2D eigenvalue weighted by molar-refractivity contribution is 0.0887. The van der Waals surface area contributed by atoms with Crippen LogP contribution in [0.3, 0.4) is 0 Å². The number of likely N-dealkylation sites (tertiary alicyclic amines) is 1. The van der Waals surface area contributed by atoms with E-state index in [-0.39, 0.29) is 0 Å². The maximum Gasteiger partial charge on any atom is 0.142 e. The summed E-state index contributed by atoms with van der Waals surface area (Å²) < 4.78 is 11.2. The molecule has 0 spiro atoms. The second-order valence-corrected chi connectivity index (χ2v) is 8.77. The van der Waals surface area contributed by atoms with Crippen molar-refractivity contribution in [1.82, 2.24) is 9.80 Å². The number of para-hydroxylation sites is 2. The molecule has 30 heavy (non-hydrogen) atoms. The van der Waals surface area contributed by atoms with Crippen molar-refractivity contribution in [3.8, 4) is 11.5 Å². The van der Waals surface area contributed by atoms with E-state index in [1.165, 1.54) is 42.7 Å². The molecule has 3 heterocycles. The molecule has 0 saturated carbocycles. The summed E-state index contributed by atoms with van der Waals surface area (Å²) in [5.74, 6) is 2.07. The van der Waals surface area contributed by atoms with E-state index in [1.807, 2.05) is 6.07 Å². The van der Waals surface area contributed by atoms with Crippen molar-refractivity contribution in [1.29, 1.82) is 0 Å². The first-order valence-electron chi connectivity index (χ1n) is 11.4. The minimum atomic E-state index is 0.677. The number of benzene rings is 2. The van der Waals surface area contributed by atoms with Gasteiger partial charge in [-0.15, -0.1) is 0 Å². The number of hydrogen-bond donors (Lipinski definition) is 0. The first-order chi connectivity index (χ1) is 14.8. The van der Waals surface area contributed by atoms with Crippen molar-refractivity contribution >= 4 is 5.69 Å². The van der Waals surface area contributed by atoms with Crippen LogP contribution in [0.1, 0.15) is 24.0 Å². The molecule has 0 bridgehead atoms. The predicted molar refractivity (Wildman–Crippen MR) is 121 cm³/mol. The molecule has 5 nitrogen and oxygen atoms in total. The maximum absolute atomic E-state index is 5.66. The lowest BCUT2D eigenvalue weighted by Crippen LogP contribution is -2.55. The minimum absolute atomic E-state index is 0.677. The smallest absolute Gasteiger partial charge is 0.142 e. The van der Waals surface area contributed by atoms with Crippen molar-refractivity contribution in [3.05, 3.63) is 53.6 Å². The van der Waals surface area contributed by atoms with Gasteiger partial charge in [-0.25, -0.2) is 0 Å². The Morgan fingerprint density at radius 3 is 2.77 bits per heavy atom. The van der Waals surface area contributed by atoms with Gasteiger partial charge in [-0.2, -0.15) is 0 Å². The monoisotopic (exact) mass is 407 g/mol. The van der Waals surface area contributed by atoms with Crippen LogP contribution in [0.25, 0.3) is 0 Å². The Morgan fingerprint density at radius 2 is 1.90 bits per heavy atom. The topological polar surface area (TPSA) is 28.2 Å². The van der Waals surface area contributed by atoms with E-state index in [2.05, 4.69) is 51.1 Å². The van der Waals surface area contributed by atoms with Crippen LogP contribution in [-0.4, -0.2) is 68.8 Å². The number of methoxy groups -OCH3 is 1. The van der Waals surface area contributed by atoms with Gasteiger partial charge in [0, 0.05) is 51.7 Å². The van der Waals surface area contributed by atoms with Crippen LogP contribution in [0, 0.1) is 0 Å². The highest BCUT2D eigenvalue weighted by Crippen LogP contribution is 2.30. The molecule has 0 amide bonds. The van der Waals surface area contributed by atoms with E-state index in [0.717, 1.165) is 57.3 Å². The van der Waals surface area contributed by atoms with Crippen molar-refractivity contribution in [3.63, 3.8) is 0 Å². The van der Waals surface area contributed by atoms with Crippen LogP contribution in [-0.2, 0) is 13.0 Å². The van der Waals surface area contributed by atoms with Crippen molar-refractivity contribution < 1.29 is 9.47 Å². The van der Waals surface area contributed by atoms with Gasteiger partial charge in [-0.1, -0.05) is 24.3 Å². The average molecular weight is 408 g/mol. The molecule has 3 aliphatic heterocycles. The Bertz CT molecular complexity index is 863. The summed E-state index contributed by atoms with van der Waals surface area (Å²) >= 11 is 0. The fourth-order valence-corrected chi connectivity index (χ4v) is 5.29. The Labute approximate surface area is 180 Å². The summed E-state index contributed by atoms with van der Waals surface area (Å²) in [7, 11) is 1.76. The molecule has 0 aliphatic carbocycles. The van der Waals surface area contributed by atoms with E-state index in [4.69, 9.17) is 9.47 Å². The Morgan fingerprint density at radius 1 is 1.03 bits per heavy atom. The number of anilines is 1. The van der Waals surface area contributed by atoms with Gasteiger partial charge < -0.3 is 14.4 Å². The number of piperidine rings is 1. The first-order valence-corrected chi connectivity index (χ1v) is 11.4. The quantitative estimate of drug-likeness (QED) is 0.757. The third-order valence-corrected chi connectivity index (χ3v) is 6.90. The third-order valence-electron chi connectivity index (χ3n) is 6.90. The molecular weight excluding hydrogens is 374 g/mol. The molecule has 2 aromatic rings. The second kappa shape index (κ2) is 8.86. The van der Waals surface area contributed by atoms with Gasteiger partial charge in [-0.05, 0) is 48.7 Å². The van der Waals surface area contributed by atoms with Crippen LogP contribution in [0.15, 0.2) is 42.5 Å². The SMILES string of the molecule is COc1ccccc1N1CCN(C2CCCN(Cc3ccc4c(c3)CCO4)C2)CC1. The van der Waals surface area contributed by atoms with Crippen molar-refractivity contribution in [2.24, 2.45) is 0 Å². The van der Waals surface area contributed by atoms with E-state index >= 15 is 0 Å². The number of fused-ring (bicyclic) bond motifs is 1.